The second kappa shape index (κ2) is 41.9. The SMILES string of the molecule is CN(CCN(C)C(=O)c1ccc(O)c(O)c1)C(=O)c1ccc(O)c(O)c1.CN1CC(Cc2ccc(O)c(O)c2)C(=O)C(Cc2ccc(O)c(O)c2)C1.O=C1C(Cc2ccc(O)c(O)c2)CCCC1Cc1ccc(O)c(O)c1.Oc1ccc(C(c2ccc(O)c(O)c2)c2ccc(O)c(O)c2)cc1O.Oc1ccc(CN/C=C2/N=C(c3ccc(O)c(O)c3)O[C@@H]2O)cc1O. The smallest absolute Gasteiger partial charge is 0.253 e. The summed E-state index contributed by atoms with van der Waals surface area (Å²) in [5, 5.41) is 222. The van der Waals surface area contributed by atoms with Crippen molar-refractivity contribution in [1.82, 2.24) is 20.0 Å². The van der Waals surface area contributed by atoms with E-state index in [2.05, 4.69) is 15.2 Å². The van der Waals surface area contributed by atoms with Crippen molar-refractivity contribution in [1.29, 1.82) is 0 Å². The lowest BCUT2D eigenvalue weighted by Gasteiger charge is -2.34. The van der Waals surface area contributed by atoms with Crippen LogP contribution in [0.4, 0.5) is 0 Å². The first-order valence-electron chi connectivity index (χ1n) is 39.6. The second-order valence-corrected chi connectivity index (χ2v) is 30.8. The Balaban J connectivity index is 0.000000166. The normalized spacial score (nSPS) is 16.2. The number of phenols is 22. The number of aromatic hydroxyl groups is 22. The van der Waals surface area contributed by atoms with Crippen LogP contribution in [0.5, 0.6) is 126 Å². The summed E-state index contributed by atoms with van der Waals surface area (Å²) >= 11 is 0. The van der Waals surface area contributed by atoms with Crippen molar-refractivity contribution in [2.24, 2.45) is 28.7 Å². The zero-order valence-corrected chi connectivity index (χ0v) is 68.7. The number of aliphatic hydroxyl groups is 1. The minimum atomic E-state index is -1.27. The number of carbonyl (C=O) groups is 4. The molecule has 11 aromatic rings. The fraction of sp³-hybridized carbons (Fsp3) is 0.223. The van der Waals surface area contributed by atoms with Gasteiger partial charge >= 0.3 is 0 Å². The number of Topliss-reactive ketones (excluding diaryl/α,β-unsaturated/α-hetero) is 2. The maximum atomic E-state index is 12.9. The van der Waals surface area contributed by atoms with Crippen LogP contribution >= 0.6 is 0 Å². The van der Waals surface area contributed by atoms with Crippen LogP contribution in [-0.2, 0) is 46.6 Å². The topological polar surface area (TPSA) is 577 Å². The van der Waals surface area contributed by atoms with E-state index >= 15 is 0 Å². The van der Waals surface area contributed by atoms with Crippen molar-refractivity contribution in [2.45, 2.75) is 63.7 Å². The van der Waals surface area contributed by atoms with Crippen LogP contribution in [0, 0.1) is 23.7 Å². The number of aliphatic imine (C=N–C) groups is 1. The van der Waals surface area contributed by atoms with Gasteiger partial charge in [-0.1, -0.05) is 55.0 Å². The molecule has 2 aliphatic heterocycles. The molecule has 11 aromatic carbocycles. The van der Waals surface area contributed by atoms with Gasteiger partial charge in [-0.3, -0.25) is 19.2 Å². The third kappa shape index (κ3) is 24.8. The Hall–Kier alpha value is -15.8. The quantitative estimate of drug-likeness (QED) is 0.0249. The zero-order chi connectivity index (χ0) is 92.4. The molecule has 2 fully saturated rings. The lowest BCUT2D eigenvalue weighted by atomic mass is 9.75. The Morgan fingerprint density at radius 3 is 0.992 bits per heavy atom. The molecule has 2 amide bonds. The number of nitrogens with zero attached hydrogens (tertiary/aromatic N) is 4. The van der Waals surface area contributed by atoms with E-state index in [9.17, 15) is 137 Å². The lowest BCUT2D eigenvalue weighted by molar-refractivity contribution is -0.131. The van der Waals surface area contributed by atoms with E-state index < -0.39 is 12.2 Å². The van der Waals surface area contributed by atoms with E-state index in [1.54, 1.807) is 62.6 Å². The summed E-state index contributed by atoms with van der Waals surface area (Å²) in [5.74, 6) is -6.97. The van der Waals surface area contributed by atoms with E-state index in [0.717, 1.165) is 41.5 Å². The third-order valence-corrected chi connectivity index (χ3v) is 21.3. The molecule has 1 saturated carbocycles. The van der Waals surface area contributed by atoms with Crippen LogP contribution < -0.4 is 5.32 Å². The second-order valence-electron chi connectivity index (χ2n) is 30.8. The number of ketones is 2. The van der Waals surface area contributed by atoms with Crippen molar-refractivity contribution >= 4 is 29.3 Å². The number of benzene rings is 11. The molecule has 4 unspecified atom stereocenters. The number of carbonyl (C=O) groups excluding carboxylic acids is 4. The average molecular weight is 1740 g/mol. The molecule has 0 aromatic heterocycles. The number of aliphatic hydroxyl groups excluding tert-OH is 1. The molecule has 0 spiro atoms. The molecule has 33 heteroatoms. The molecule has 14 rings (SSSR count). The van der Waals surface area contributed by atoms with Crippen LogP contribution in [0.1, 0.15) is 96.0 Å². The molecular weight excluding hydrogens is 1650 g/mol. The van der Waals surface area contributed by atoms with Gasteiger partial charge in [0.2, 0.25) is 12.2 Å². The van der Waals surface area contributed by atoms with Crippen molar-refractivity contribution in [3.05, 3.63) is 273 Å². The van der Waals surface area contributed by atoms with E-state index in [0.29, 0.717) is 73.1 Å². The van der Waals surface area contributed by atoms with Gasteiger partial charge in [0.25, 0.3) is 11.8 Å². The number of phenolic OH excluding ortho intramolecular Hbond substituents is 22. The molecule has 2 heterocycles. The number of nitrogens with one attached hydrogen (secondary N) is 1. The Kier molecular flexibility index (Phi) is 30.8. The molecule has 24 N–H and O–H groups in total. The summed E-state index contributed by atoms with van der Waals surface area (Å²) in [6, 6.07) is 47.5. The van der Waals surface area contributed by atoms with Crippen LogP contribution in [0.25, 0.3) is 0 Å². The van der Waals surface area contributed by atoms with Crippen molar-refractivity contribution in [3.63, 3.8) is 0 Å². The molecule has 0 radical (unpaired) electrons. The minimum Gasteiger partial charge on any atom is -0.504 e. The first-order valence-corrected chi connectivity index (χ1v) is 39.6. The molecule has 666 valence electrons. The number of hydrogen-bond donors (Lipinski definition) is 24. The van der Waals surface area contributed by atoms with E-state index in [4.69, 9.17) is 4.74 Å². The number of likely N-dealkylation sites (N-methyl/N-ethyl adjacent to an activating group) is 2. The Morgan fingerprint density at radius 1 is 0.378 bits per heavy atom. The molecule has 5 atom stereocenters. The van der Waals surface area contributed by atoms with Crippen LogP contribution in [0.3, 0.4) is 0 Å². The largest absolute Gasteiger partial charge is 0.504 e. The summed E-state index contributed by atoms with van der Waals surface area (Å²) in [4.78, 5) is 59.4. The summed E-state index contributed by atoms with van der Waals surface area (Å²) in [7, 11) is 5.07. The van der Waals surface area contributed by atoms with Gasteiger partial charge in [0.1, 0.15) is 17.3 Å². The summed E-state index contributed by atoms with van der Waals surface area (Å²) in [6.45, 7) is 2.06. The molecule has 127 heavy (non-hydrogen) atoms. The number of ether oxygens (including phenoxy) is 1. The van der Waals surface area contributed by atoms with Crippen LogP contribution in [0.2, 0.25) is 0 Å². The van der Waals surface area contributed by atoms with Crippen molar-refractivity contribution < 1.29 is 141 Å². The Morgan fingerprint density at radius 2 is 0.661 bits per heavy atom. The minimum absolute atomic E-state index is 0.103. The highest BCUT2D eigenvalue weighted by molar-refractivity contribution is 5.97. The third-order valence-electron chi connectivity index (χ3n) is 21.3. The standard InChI is InChI=1S/C20H23NO5.C20H22O5.C19H16O6.C18H20N2O6.C17H16N2O6/c1-21-10-14(6-12-2-4-16(22)18(24)8-12)20(26)15(11-21)7-13-3-5-17(23)19(25)9-13;21-16-6-4-12(10-18(16)23)8-14-2-1-3-15(20(14)25)9-13-5-7-17(22)19(24)11-13;20-13-4-1-10(7-16(13)23)19(11-2-5-14(21)17(24)8-11)12-3-6-15(22)18(25)9-12;1-19(17(25)11-3-5-13(21)15(23)9-11)7-8-20(2)18(26)12-4-6-14(22)16(24)10-12;20-12-3-1-9(5-14(12)22)7-18-8-11-17(24)25-16(19-11)10-2-4-13(21)15(23)6-10/h2-5,8-9,14-15,22-25H,6-7,10-11H2,1H3;4-7,10-11,14-15,21-24H,1-3,8-9H2;1-9,19-25H;3-6,9-10,21-24H,7-8H2,1-2H3;1-6,8,17-18,20-24H,7H2/b;;;;11-8+/t;;;;17-/m....0/s1. The van der Waals surface area contributed by atoms with Crippen molar-refractivity contribution in [2.75, 3.05) is 47.3 Å². The fourth-order valence-corrected chi connectivity index (χ4v) is 14.4. The number of rotatable bonds is 20. The lowest BCUT2D eigenvalue weighted by Crippen LogP contribution is -2.46. The number of hydrogen-bond acceptors (Lipinski definition) is 31. The van der Waals surface area contributed by atoms with Gasteiger partial charge in [0.15, 0.2) is 126 Å². The highest BCUT2D eigenvalue weighted by Crippen LogP contribution is 2.43. The van der Waals surface area contributed by atoms with Gasteiger partial charge in [-0.15, -0.1) is 0 Å². The van der Waals surface area contributed by atoms with E-state index in [-0.39, 0.29) is 209 Å². The maximum Gasteiger partial charge on any atom is 0.253 e. The zero-order valence-electron chi connectivity index (χ0n) is 68.7. The maximum absolute atomic E-state index is 12.9. The van der Waals surface area contributed by atoms with Crippen LogP contribution in [-0.4, -0.2) is 215 Å². The van der Waals surface area contributed by atoms with Gasteiger partial charge in [0, 0.05) is 99.3 Å². The predicted octanol–water partition coefficient (Wildman–Crippen LogP) is 11.0. The molecule has 0 bridgehead atoms. The Labute approximate surface area is 726 Å². The van der Waals surface area contributed by atoms with E-state index in [1.165, 1.54) is 168 Å². The molecule has 33 nitrogen and oxygen atoms in total. The first kappa shape index (κ1) is 93.5. The molecule has 3 aliphatic rings. The van der Waals surface area contributed by atoms with Gasteiger partial charge in [0.05, 0.1) is 0 Å². The van der Waals surface area contributed by atoms with E-state index in [1.807, 2.05) is 7.05 Å². The van der Waals surface area contributed by atoms with Gasteiger partial charge in [-0.05, 0) is 242 Å². The number of amides is 2. The fourth-order valence-electron chi connectivity index (χ4n) is 14.4. The summed E-state index contributed by atoms with van der Waals surface area (Å²) < 4.78 is 5.22. The van der Waals surface area contributed by atoms with Gasteiger partial charge < -0.3 is 142 Å². The number of likely N-dealkylation sites (tertiary alicyclic amines) is 1. The van der Waals surface area contributed by atoms with Crippen LogP contribution in [0.15, 0.2) is 217 Å². The van der Waals surface area contributed by atoms with Gasteiger partial charge in [-0.2, -0.15) is 0 Å². The highest BCUT2D eigenvalue weighted by Gasteiger charge is 2.36. The predicted molar refractivity (Wildman–Crippen MR) is 461 cm³/mol. The monoisotopic (exact) mass is 1740 g/mol. The average Bonchev–Trinajstić information content (AvgIpc) is 1.30. The first-order chi connectivity index (χ1) is 60.3. The van der Waals surface area contributed by atoms with Crippen molar-refractivity contribution in [3.8, 4) is 126 Å². The molecule has 1 aliphatic carbocycles. The summed E-state index contributed by atoms with van der Waals surface area (Å²) in [6.07, 6.45) is 4.86. The number of piperidine rings is 1. The van der Waals surface area contributed by atoms with Gasteiger partial charge in [-0.25, -0.2) is 4.99 Å². The highest BCUT2D eigenvalue weighted by atomic mass is 16.6. The summed E-state index contributed by atoms with van der Waals surface area (Å²) in [5.41, 5.74) is 6.75. The molecular formula is C94H97N5O28. The molecule has 1 saturated heterocycles. The Bertz CT molecular complexity index is 5560.